The topological polar surface area (TPSA) is 55.4 Å². The zero-order chi connectivity index (χ0) is 21.3. The summed E-state index contributed by atoms with van der Waals surface area (Å²) in [7, 11) is -3.50. The van der Waals surface area contributed by atoms with Crippen LogP contribution in [0, 0.1) is 0 Å². The van der Waals surface area contributed by atoms with E-state index in [-0.39, 0.29) is 12.4 Å². The number of unbranched alkanes of at least 4 members (excludes halogenated alkanes) is 10. The summed E-state index contributed by atoms with van der Waals surface area (Å²) in [4.78, 5) is 0. The number of hydrogen-bond donors (Lipinski definition) is 1. The third-order valence-electron chi connectivity index (χ3n) is 4.60. The molecule has 0 saturated carbocycles. The van der Waals surface area contributed by atoms with Gasteiger partial charge >= 0.3 is 6.18 Å². The lowest BCUT2D eigenvalue weighted by molar-refractivity contribution is -0.175. The molecule has 1 atom stereocenters. The fraction of sp³-hybridized carbons (Fsp3) is 1.00. The van der Waals surface area contributed by atoms with Gasteiger partial charge < -0.3 is 4.74 Å². The minimum absolute atomic E-state index is 0.0205. The molecule has 0 aliphatic carbocycles. The maximum atomic E-state index is 12.3. The van der Waals surface area contributed by atoms with Crippen molar-refractivity contribution in [2.24, 2.45) is 0 Å². The van der Waals surface area contributed by atoms with Crippen LogP contribution in [0.1, 0.15) is 97.3 Å². The first-order valence-corrected chi connectivity index (χ1v) is 12.5. The molecule has 0 spiro atoms. The zero-order valence-electron chi connectivity index (χ0n) is 17.7. The first-order chi connectivity index (χ1) is 13.2. The van der Waals surface area contributed by atoms with Gasteiger partial charge in [0.25, 0.3) is 0 Å². The molecule has 4 nitrogen and oxygen atoms in total. The van der Waals surface area contributed by atoms with Gasteiger partial charge in [0.2, 0.25) is 10.0 Å². The largest absolute Gasteiger partial charge is 0.411 e. The number of sulfonamides is 1. The smallest absolute Gasteiger partial charge is 0.370 e. The van der Waals surface area contributed by atoms with Crippen LogP contribution in [0.25, 0.3) is 0 Å². The van der Waals surface area contributed by atoms with E-state index in [2.05, 4.69) is 18.6 Å². The molecule has 0 heterocycles. The van der Waals surface area contributed by atoms with E-state index >= 15 is 0 Å². The number of halogens is 3. The summed E-state index contributed by atoms with van der Waals surface area (Å²) < 4.78 is 68.6. The van der Waals surface area contributed by atoms with Crippen molar-refractivity contribution in [2.75, 3.05) is 19.0 Å². The van der Waals surface area contributed by atoms with Crippen molar-refractivity contribution in [3.63, 3.8) is 0 Å². The minimum atomic E-state index is -4.40. The number of hydrogen-bond acceptors (Lipinski definition) is 3. The van der Waals surface area contributed by atoms with E-state index in [1.807, 2.05) is 0 Å². The van der Waals surface area contributed by atoms with Crippen LogP contribution < -0.4 is 4.72 Å². The molecule has 0 saturated heterocycles. The molecule has 0 radical (unpaired) electrons. The van der Waals surface area contributed by atoms with Crippen LogP contribution in [-0.4, -0.2) is 39.6 Å². The average Bonchev–Trinajstić information content (AvgIpc) is 2.59. The van der Waals surface area contributed by atoms with Crippen molar-refractivity contribution in [2.45, 2.75) is 110 Å². The number of alkyl halides is 3. The molecular formula is C20H40F3NO3S. The van der Waals surface area contributed by atoms with E-state index in [4.69, 9.17) is 4.74 Å². The van der Waals surface area contributed by atoms with Gasteiger partial charge in [0.15, 0.2) is 0 Å². The van der Waals surface area contributed by atoms with Crippen LogP contribution in [0.15, 0.2) is 0 Å². The quantitative estimate of drug-likeness (QED) is 0.257. The summed E-state index contributed by atoms with van der Waals surface area (Å²) >= 11 is 0. The molecule has 0 aromatic rings. The molecule has 0 aliphatic heterocycles. The maximum Gasteiger partial charge on any atom is 0.411 e. The van der Waals surface area contributed by atoms with Crippen molar-refractivity contribution in [1.82, 2.24) is 4.72 Å². The Kier molecular flexibility index (Phi) is 16.3. The Balaban J connectivity index is 4.22. The lowest BCUT2D eigenvalue weighted by atomic mass is 10.1. The summed E-state index contributed by atoms with van der Waals surface area (Å²) in [5, 5.41) is 0. The summed E-state index contributed by atoms with van der Waals surface area (Å²) in [6.45, 7) is 2.64. The highest BCUT2D eigenvalue weighted by atomic mass is 32.2. The van der Waals surface area contributed by atoms with E-state index in [1.54, 1.807) is 0 Å². The number of rotatable bonds is 19. The highest BCUT2D eigenvalue weighted by Crippen LogP contribution is 2.16. The molecule has 0 aromatic heterocycles. The van der Waals surface area contributed by atoms with Crippen molar-refractivity contribution in [3.8, 4) is 0 Å². The zero-order valence-corrected chi connectivity index (χ0v) is 18.5. The van der Waals surface area contributed by atoms with Crippen LogP contribution in [0.4, 0.5) is 13.2 Å². The van der Waals surface area contributed by atoms with E-state index in [0.29, 0.717) is 12.8 Å². The standard InChI is InChI=1S/C20H40F3NO3S/c1-3-5-7-9-10-11-12-14-16-28(25,26)24-19(15-13-8-6-4-2)17-27-18-20(21,22)23/h19,24H,3-18H2,1-2H3/t19-/m1/s1. The lowest BCUT2D eigenvalue weighted by Gasteiger charge is -2.19. The van der Waals surface area contributed by atoms with E-state index in [0.717, 1.165) is 44.9 Å². The predicted octanol–water partition coefficient (Wildman–Crippen LogP) is 5.96. The summed E-state index contributed by atoms with van der Waals surface area (Å²) in [6, 6.07) is -0.599. The molecule has 8 heteroatoms. The molecule has 0 amide bonds. The molecule has 0 rings (SSSR count). The highest BCUT2D eigenvalue weighted by Gasteiger charge is 2.28. The predicted molar refractivity (Wildman–Crippen MR) is 109 cm³/mol. The van der Waals surface area contributed by atoms with Gasteiger partial charge in [-0.15, -0.1) is 0 Å². The van der Waals surface area contributed by atoms with Crippen molar-refractivity contribution < 1.29 is 26.3 Å². The Morgan fingerprint density at radius 3 is 1.86 bits per heavy atom. The van der Waals surface area contributed by atoms with Crippen LogP contribution >= 0.6 is 0 Å². The van der Waals surface area contributed by atoms with E-state index < -0.39 is 28.8 Å². The SMILES string of the molecule is CCCCCCCCCCS(=O)(=O)N[C@H](CCCCCC)COCC(F)(F)F. The maximum absolute atomic E-state index is 12.3. The van der Waals surface area contributed by atoms with Crippen LogP contribution in [0.5, 0.6) is 0 Å². The van der Waals surface area contributed by atoms with Gasteiger partial charge in [-0.3, -0.25) is 0 Å². The Hall–Kier alpha value is -0.340. The fourth-order valence-electron chi connectivity index (χ4n) is 3.05. The molecule has 0 unspecified atom stereocenters. The molecule has 1 N–H and O–H groups in total. The van der Waals surface area contributed by atoms with E-state index in [9.17, 15) is 21.6 Å². The van der Waals surface area contributed by atoms with Gasteiger partial charge in [0, 0.05) is 6.04 Å². The second-order valence-electron chi connectivity index (χ2n) is 7.59. The van der Waals surface area contributed by atoms with Gasteiger partial charge in [-0.25, -0.2) is 13.1 Å². The third-order valence-corrected chi connectivity index (χ3v) is 6.12. The molecule has 170 valence electrons. The Morgan fingerprint density at radius 2 is 1.32 bits per heavy atom. The molecular weight excluding hydrogens is 391 g/mol. The molecule has 0 bridgehead atoms. The summed E-state index contributed by atoms with van der Waals surface area (Å²) in [6.07, 6.45) is 8.33. The summed E-state index contributed by atoms with van der Waals surface area (Å²) in [5.41, 5.74) is 0. The lowest BCUT2D eigenvalue weighted by Crippen LogP contribution is -2.40. The highest BCUT2D eigenvalue weighted by molar-refractivity contribution is 7.89. The van der Waals surface area contributed by atoms with Crippen LogP contribution in [-0.2, 0) is 14.8 Å². The second-order valence-corrected chi connectivity index (χ2v) is 9.46. The van der Waals surface area contributed by atoms with Gasteiger partial charge in [0.1, 0.15) is 6.61 Å². The van der Waals surface area contributed by atoms with Crippen LogP contribution in [0.2, 0.25) is 0 Å². The fourth-order valence-corrected chi connectivity index (χ4v) is 4.45. The Morgan fingerprint density at radius 1 is 0.821 bits per heavy atom. The first-order valence-electron chi connectivity index (χ1n) is 10.8. The third kappa shape index (κ3) is 19.0. The summed E-state index contributed by atoms with van der Waals surface area (Å²) in [5.74, 6) is 0.0205. The average molecular weight is 432 g/mol. The Bertz CT molecular complexity index is 456. The Labute approximate surface area is 170 Å². The second kappa shape index (κ2) is 16.5. The molecule has 0 fully saturated rings. The van der Waals surface area contributed by atoms with Gasteiger partial charge in [-0.2, -0.15) is 13.2 Å². The first kappa shape index (κ1) is 27.7. The monoisotopic (exact) mass is 431 g/mol. The van der Waals surface area contributed by atoms with E-state index in [1.165, 1.54) is 25.7 Å². The molecule has 0 aromatic carbocycles. The van der Waals surface area contributed by atoms with Crippen molar-refractivity contribution in [1.29, 1.82) is 0 Å². The van der Waals surface area contributed by atoms with Crippen molar-refractivity contribution in [3.05, 3.63) is 0 Å². The number of ether oxygens (including phenoxy) is 1. The van der Waals surface area contributed by atoms with Gasteiger partial charge in [-0.1, -0.05) is 84.5 Å². The van der Waals surface area contributed by atoms with Crippen molar-refractivity contribution >= 4 is 10.0 Å². The normalized spacial score (nSPS) is 13.8. The van der Waals surface area contributed by atoms with Gasteiger partial charge in [0.05, 0.1) is 12.4 Å². The minimum Gasteiger partial charge on any atom is -0.370 e. The molecule has 0 aliphatic rings. The number of nitrogens with one attached hydrogen (secondary N) is 1. The van der Waals surface area contributed by atoms with Crippen LogP contribution in [0.3, 0.4) is 0 Å². The van der Waals surface area contributed by atoms with Gasteiger partial charge in [-0.05, 0) is 12.8 Å². The molecule has 28 heavy (non-hydrogen) atoms.